The molecule has 0 aromatic heterocycles. The first kappa shape index (κ1) is 19.4. The van der Waals surface area contributed by atoms with Gasteiger partial charge >= 0.3 is 6.03 Å². The Balaban J connectivity index is 1.52. The topological polar surface area (TPSA) is 59.5 Å². The van der Waals surface area contributed by atoms with Crippen LogP contribution < -0.4 is 0 Å². The molecule has 0 saturated carbocycles. The maximum atomic E-state index is 13.7. The van der Waals surface area contributed by atoms with Gasteiger partial charge < -0.3 is 9.80 Å². The minimum atomic E-state index is -0.558. The van der Waals surface area contributed by atoms with Crippen LogP contribution in [0.3, 0.4) is 0 Å². The third kappa shape index (κ3) is 2.69. The van der Waals surface area contributed by atoms with Gasteiger partial charge in [0.25, 0.3) is 5.91 Å². The first-order valence-electron chi connectivity index (χ1n) is 10.4. The fourth-order valence-electron chi connectivity index (χ4n) is 4.77. The number of nitrogens with zero attached hydrogens (tertiary/aromatic N) is 5. The monoisotopic (exact) mass is 415 g/mol. The van der Waals surface area contributed by atoms with Gasteiger partial charge in [0, 0.05) is 25.0 Å². The van der Waals surface area contributed by atoms with E-state index in [2.05, 4.69) is 6.58 Å². The lowest BCUT2D eigenvalue weighted by Gasteiger charge is -2.41. The SMILES string of the molecule is C=CCN1C2=NC3C(C(=O)N(Cc4cccc5ccccc45)C(=O)N3C)N2C(C)=C1C. The molecule has 2 atom stereocenters. The molecular weight excluding hydrogens is 390 g/mol. The number of rotatable bonds is 4. The minimum absolute atomic E-state index is 0.215. The van der Waals surface area contributed by atoms with E-state index in [-0.39, 0.29) is 18.5 Å². The number of hydrogen-bond donors (Lipinski definition) is 0. The molecular formula is C24H25N5O2. The van der Waals surface area contributed by atoms with Crippen molar-refractivity contribution in [1.29, 1.82) is 0 Å². The zero-order valence-corrected chi connectivity index (χ0v) is 17.9. The Bertz CT molecular complexity index is 1180. The highest BCUT2D eigenvalue weighted by Gasteiger charge is 2.55. The molecule has 3 aliphatic rings. The number of amides is 3. The number of urea groups is 1. The smallest absolute Gasteiger partial charge is 0.311 e. The van der Waals surface area contributed by atoms with Crippen molar-refractivity contribution in [3.05, 3.63) is 72.1 Å². The summed E-state index contributed by atoms with van der Waals surface area (Å²) in [6.07, 6.45) is 1.28. The Morgan fingerprint density at radius 2 is 1.77 bits per heavy atom. The summed E-state index contributed by atoms with van der Waals surface area (Å²) in [5, 5.41) is 2.13. The number of likely N-dealkylation sites (N-methyl/N-ethyl adjacent to an activating group) is 1. The van der Waals surface area contributed by atoms with Crippen LogP contribution in [-0.2, 0) is 11.3 Å². The van der Waals surface area contributed by atoms with E-state index in [1.807, 2.05) is 72.2 Å². The Hall–Kier alpha value is -3.61. The van der Waals surface area contributed by atoms with Crippen LogP contribution in [0.4, 0.5) is 4.79 Å². The normalized spacial score (nSPS) is 23.0. The summed E-state index contributed by atoms with van der Waals surface area (Å²) >= 11 is 0. The van der Waals surface area contributed by atoms with E-state index in [4.69, 9.17) is 4.99 Å². The highest BCUT2D eigenvalue weighted by molar-refractivity contribution is 6.05. The molecule has 3 amide bonds. The summed E-state index contributed by atoms with van der Waals surface area (Å²) < 4.78 is 0. The van der Waals surface area contributed by atoms with Crippen LogP contribution in [0.1, 0.15) is 19.4 Å². The molecule has 2 aromatic carbocycles. The van der Waals surface area contributed by atoms with Crippen LogP contribution in [0.2, 0.25) is 0 Å². The first-order chi connectivity index (χ1) is 14.9. The molecule has 2 unspecified atom stereocenters. The van der Waals surface area contributed by atoms with Gasteiger partial charge in [0.1, 0.15) is 0 Å². The van der Waals surface area contributed by atoms with Gasteiger partial charge in [-0.05, 0) is 30.2 Å². The van der Waals surface area contributed by atoms with Crippen LogP contribution in [0.5, 0.6) is 0 Å². The molecule has 0 bridgehead atoms. The number of carbonyl (C=O) groups is 2. The van der Waals surface area contributed by atoms with E-state index < -0.39 is 12.2 Å². The summed E-state index contributed by atoms with van der Waals surface area (Å²) in [7, 11) is 1.72. The summed E-state index contributed by atoms with van der Waals surface area (Å²) in [6.45, 7) is 8.68. The molecule has 7 nitrogen and oxygen atoms in total. The summed E-state index contributed by atoms with van der Waals surface area (Å²) in [6, 6.07) is 13.1. The van der Waals surface area contributed by atoms with E-state index >= 15 is 0 Å². The number of aliphatic imine (C=N–C) groups is 1. The molecule has 0 aliphatic carbocycles. The number of carbonyl (C=O) groups excluding carboxylic acids is 2. The Morgan fingerprint density at radius 3 is 2.55 bits per heavy atom. The molecule has 5 rings (SSSR count). The second-order valence-corrected chi connectivity index (χ2v) is 8.18. The highest BCUT2D eigenvalue weighted by atomic mass is 16.2. The molecule has 3 heterocycles. The van der Waals surface area contributed by atoms with Crippen molar-refractivity contribution in [3.63, 3.8) is 0 Å². The zero-order valence-electron chi connectivity index (χ0n) is 17.9. The number of imide groups is 1. The number of benzene rings is 2. The van der Waals surface area contributed by atoms with E-state index in [0.29, 0.717) is 12.5 Å². The van der Waals surface area contributed by atoms with Crippen molar-refractivity contribution in [2.24, 2.45) is 4.99 Å². The van der Waals surface area contributed by atoms with Crippen molar-refractivity contribution >= 4 is 28.7 Å². The first-order valence-corrected chi connectivity index (χ1v) is 10.4. The lowest BCUT2D eigenvalue weighted by atomic mass is 10.0. The van der Waals surface area contributed by atoms with Gasteiger partial charge in [-0.3, -0.25) is 14.6 Å². The number of guanidine groups is 1. The van der Waals surface area contributed by atoms with E-state index in [9.17, 15) is 9.59 Å². The molecule has 0 radical (unpaired) electrons. The molecule has 31 heavy (non-hydrogen) atoms. The maximum Gasteiger partial charge on any atom is 0.328 e. The Kier molecular flexibility index (Phi) is 4.36. The summed E-state index contributed by atoms with van der Waals surface area (Å²) in [5.74, 6) is 0.497. The lowest BCUT2D eigenvalue weighted by molar-refractivity contribution is -0.137. The van der Waals surface area contributed by atoms with E-state index in [1.165, 1.54) is 4.90 Å². The third-order valence-electron chi connectivity index (χ3n) is 6.52. The average molecular weight is 415 g/mol. The number of fused-ring (bicyclic) bond motifs is 4. The molecule has 0 spiro atoms. The van der Waals surface area contributed by atoms with Crippen LogP contribution in [0.15, 0.2) is 71.5 Å². The van der Waals surface area contributed by atoms with Gasteiger partial charge in [0.15, 0.2) is 12.2 Å². The fraction of sp³-hybridized carbons (Fsp3) is 0.292. The highest BCUT2D eigenvalue weighted by Crippen LogP contribution is 2.38. The largest absolute Gasteiger partial charge is 0.328 e. The van der Waals surface area contributed by atoms with Crippen molar-refractivity contribution in [2.45, 2.75) is 32.6 Å². The van der Waals surface area contributed by atoms with Gasteiger partial charge in [-0.2, -0.15) is 0 Å². The second kappa shape index (κ2) is 6.97. The second-order valence-electron chi connectivity index (χ2n) is 8.18. The van der Waals surface area contributed by atoms with E-state index in [1.54, 1.807) is 11.9 Å². The molecule has 0 N–H and O–H groups in total. The Labute approximate surface area is 181 Å². The van der Waals surface area contributed by atoms with Crippen LogP contribution >= 0.6 is 0 Å². The molecule has 2 aromatic rings. The standard InChI is InChI=1S/C24H25N5O2/c1-5-13-27-15(2)16(3)29-20-21(25-23(27)29)26(4)24(31)28(22(20)30)14-18-11-8-10-17-9-6-7-12-19(17)18/h5-12,20-21H,1,13-14H2,2-4H3. The van der Waals surface area contributed by atoms with Crippen molar-refractivity contribution in [3.8, 4) is 0 Å². The van der Waals surface area contributed by atoms with Crippen molar-refractivity contribution in [2.75, 3.05) is 13.6 Å². The van der Waals surface area contributed by atoms with Gasteiger partial charge in [-0.15, -0.1) is 6.58 Å². The quantitative estimate of drug-likeness (QED) is 0.719. The van der Waals surface area contributed by atoms with Crippen LogP contribution in [0, 0.1) is 0 Å². The summed E-state index contributed by atoms with van der Waals surface area (Å²) in [5.41, 5.74) is 2.98. The minimum Gasteiger partial charge on any atom is -0.311 e. The van der Waals surface area contributed by atoms with Gasteiger partial charge in [-0.1, -0.05) is 48.5 Å². The number of hydrogen-bond acceptors (Lipinski definition) is 5. The van der Waals surface area contributed by atoms with Crippen LogP contribution in [-0.4, -0.2) is 63.3 Å². The predicted octanol–water partition coefficient (Wildman–Crippen LogP) is 3.35. The van der Waals surface area contributed by atoms with Crippen molar-refractivity contribution < 1.29 is 9.59 Å². The van der Waals surface area contributed by atoms with Crippen LogP contribution in [0.25, 0.3) is 10.8 Å². The maximum absolute atomic E-state index is 13.7. The molecule has 1 fully saturated rings. The number of allylic oxidation sites excluding steroid dienone is 2. The van der Waals surface area contributed by atoms with Gasteiger partial charge in [-0.25, -0.2) is 9.79 Å². The predicted molar refractivity (Wildman–Crippen MR) is 120 cm³/mol. The van der Waals surface area contributed by atoms with Gasteiger partial charge in [0.2, 0.25) is 5.96 Å². The molecule has 1 saturated heterocycles. The summed E-state index contributed by atoms with van der Waals surface area (Å²) in [4.78, 5) is 38.6. The molecule has 3 aliphatic heterocycles. The molecule has 7 heteroatoms. The van der Waals surface area contributed by atoms with Crippen molar-refractivity contribution in [1.82, 2.24) is 19.6 Å². The Morgan fingerprint density at radius 1 is 1.03 bits per heavy atom. The third-order valence-corrected chi connectivity index (χ3v) is 6.52. The fourth-order valence-corrected chi connectivity index (χ4v) is 4.77. The van der Waals surface area contributed by atoms with Gasteiger partial charge in [0.05, 0.1) is 6.54 Å². The zero-order chi connectivity index (χ0) is 21.9. The average Bonchev–Trinajstić information content (AvgIpc) is 3.27. The lowest BCUT2D eigenvalue weighted by Crippen LogP contribution is -2.64. The van der Waals surface area contributed by atoms with E-state index in [0.717, 1.165) is 27.7 Å². The molecule has 158 valence electrons.